The number of nitro groups is 1. The van der Waals surface area contributed by atoms with E-state index in [1.54, 1.807) is 0 Å². The highest BCUT2D eigenvalue weighted by Gasteiger charge is 2.16. The standard InChI is InChI=1S/C11H8ClFN4O2/c12-7-2-1-6(5-8(7)13)15-11-9(17(18)19)3-4-10(14)16-11/h1-5H,(H3,14,15,16). The van der Waals surface area contributed by atoms with E-state index < -0.39 is 10.7 Å². The van der Waals surface area contributed by atoms with Crippen molar-refractivity contribution in [1.29, 1.82) is 0 Å². The molecule has 0 aliphatic carbocycles. The van der Waals surface area contributed by atoms with E-state index >= 15 is 0 Å². The molecule has 1 heterocycles. The topological polar surface area (TPSA) is 94.1 Å². The second-order valence-electron chi connectivity index (χ2n) is 3.61. The SMILES string of the molecule is Nc1ccc([N+](=O)[O-])c(Nc2ccc(Cl)c(F)c2)n1. The van der Waals surface area contributed by atoms with Gasteiger partial charge < -0.3 is 11.1 Å². The first-order valence-electron chi connectivity index (χ1n) is 5.10. The van der Waals surface area contributed by atoms with E-state index in [1.165, 1.54) is 24.3 Å². The number of nitrogens with zero attached hydrogens (tertiary/aromatic N) is 2. The molecule has 0 fully saturated rings. The average Bonchev–Trinajstić information content (AvgIpc) is 2.33. The Hall–Kier alpha value is -2.41. The number of pyridine rings is 1. The number of rotatable bonds is 3. The van der Waals surface area contributed by atoms with E-state index in [0.29, 0.717) is 0 Å². The molecule has 98 valence electrons. The van der Waals surface area contributed by atoms with Gasteiger partial charge in [0.25, 0.3) is 0 Å². The van der Waals surface area contributed by atoms with Crippen LogP contribution in [0, 0.1) is 15.9 Å². The predicted octanol–water partition coefficient (Wildman–Crippen LogP) is 3.11. The van der Waals surface area contributed by atoms with Gasteiger partial charge in [0.1, 0.15) is 11.6 Å². The van der Waals surface area contributed by atoms with Crippen molar-refractivity contribution in [1.82, 2.24) is 4.98 Å². The molecule has 0 radical (unpaired) electrons. The van der Waals surface area contributed by atoms with E-state index in [2.05, 4.69) is 10.3 Å². The molecule has 1 aromatic carbocycles. The van der Waals surface area contributed by atoms with Gasteiger partial charge in [0.05, 0.1) is 9.95 Å². The normalized spacial score (nSPS) is 10.2. The Balaban J connectivity index is 2.39. The van der Waals surface area contributed by atoms with Crippen molar-refractivity contribution >= 4 is 34.6 Å². The predicted molar refractivity (Wildman–Crippen MR) is 70.0 cm³/mol. The van der Waals surface area contributed by atoms with Crippen molar-refractivity contribution < 1.29 is 9.31 Å². The molecule has 2 rings (SSSR count). The van der Waals surface area contributed by atoms with E-state index in [1.807, 2.05) is 0 Å². The van der Waals surface area contributed by atoms with Crippen LogP contribution in [0.25, 0.3) is 0 Å². The first-order valence-corrected chi connectivity index (χ1v) is 5.48. The van der Waals surface area contributed by atoms with Gasteiger partial charge in [0.15, 0.2) is 0 Å². The third-order valence-corrected chi connectivity index (χ3v) is 2.58. The van der Waals surface area contributed by atoms with Crippen LogP contribution in [0.1, 0.15) is 0 Å². The molecule has 0 unspecified atom stereocenters. The van der Waals surface area contributed by atoms with E-state index in [-0.39, 0.29) is 28.0 Å². The Labute approximate surface area is 112 Å². The number of nitrogens with two attached hydrogens (primary N) is 1. The molecule has 0 bridgehead atoms. The molecule has 0 saturated carbocycles. The summed E-state index contributed by atoms with van der Waals surface area (Å²) in [4.78, 5) is 14.0. The zero-order valence-electron chi connectivity index (χ0n) is 9.43. The van der Waals surface area contributed by atoms with Crippen molar-refractivity contribution in [2.75, 3.05) is 11.1 Å². The summed E-state index contributed by atoms with van der Waals surface area (Å²) in [6, 6.07) is 6.44. The summed E-state index contributed by atoms with van der Waals surface area (Å²) >= 11 is 5.54. The summed E-state index contributed by atoms with van der Waals surface area (Å²) in [6.45, 7) is 0. The number of halogens is 2. The zero-order chi connectivity index (χ0) is 14.0. The maximum atomic E-state index is 13.3. The van der Waals surface area contributed by atoms with Gasteiger partial charge in [-0.1, -0.05) is 11.6 Å². The van der Waals surface area contributed by atoms with Crippen molar-refractivity contribution in [2.24, 2.45) is 0 Å². The van der Waals surface area contributed by atoms with E-state index in [0.717, 1.165) is 6.07 Å². The van der Waals surface area contributed by atoms with Crippen molar-refractivity contribution in [3.63, 3.8) is 0 Å². The Morgan fingerprint density at radius 2 is 2.11 bits per heavy atom. The summed E-state index contributed by atoms with van der Waals surface area (Å²) in [7, 11) is 0. The molecular formula is C11H8ClFN4O2. The number of aromatic nitrogens is 1. The molecule has 6 nitrogen and oxygen atoms in total. The number of benzene rings is 1. The van der Waals surface area contributed by atoms with Gasteiger partial charge in [-0.3, -0.25) is 10.1 Å². The van der Waals surface area contributed by atoms with Gasteiger partial charge in [-0.15, -0.1) is 0 Å². The summed E-state index contributed by atoms with van der Waals surface area (Å²) in [6.07, 6.45) is 0. The minimum Gasteiger partial charge on any atom is -0.384 e. The van der Waals surface area contributed by atoms with Crippen LogP contribution in [-0.4, -0.2) is 9.91 Å². The zero-order valence-corrected chi connectivity index (χ0v) is 10.2. The fraction of sp³-hybridized carbons (Fsp3) is 0. The summed E-state index contributed by atoms with van der Waals surface area (Å²) < 4.78 is 13.3. The molecule has 0 saturated heterocycles. The molecule has 0 aliphatic rings. The molecule has 1 aromatic heterocycles. The minimum atomic E-state index is -0.641. The smallest absolute Gasteiger partial charge is 0.311 e. The third kappa shape index (κ3) is 2.89. The highest BCUT2D eigenvalue weighted by Crippen LogP contribution is 2.27. The van der Waals surface area contributed by atoms with Gasteiger partial charge in [0, 0.05) is 11.8 Å². The van der Waals surface area contributed by atoms with Gasteiger partial charge in [0.2, 0.25) is 5.82 Å². The molecule has 2 aromatic rings. The second-order valence-corrected chi connectivity index (χ2v) is 4.02. The molecule has 8 heteroatoms. The van der Waals surface area contributed by atoms with Crippen LogP contribution in [0.5, 0.6) is 0 Å². The molecule has 0 spiro atoms. The maximum absolute atomic E-state index is 13.3. The number of nitrogens with one attached hydrogen (secondary N) is 1. The summed E-state index contributed by atoms with van der Waals surface area (Å²) in [5.41, 5.74) is 5.49. The van der Waals surface area contributed by atoms with Crippen LogP contribution in [0.2, 0.25) is 5.02 Å². The second kappa shape index (κ2) is 5.07. The van der Waals surface area contributed by atoms with Gasteiger partial charge in [-0.25, -0.2) is 9.37 Å². The molecule has 3 N–H and O–H groups in total. The van der Waals surface area contributed by atoms with Gasteiger partial charge in [-0.2, -0.15) is 0 Å². The highest BCUT2D eigenvalue weighted by atomic mass is 35.5. The van der Waals surface area contributed by atoms with Crippen molar-refractivity contribution in [2.45, 2.75) is 0 Å². The lowest BCUT2D eigenvalue weighted by Crippen LogP contribution is -2.02. The largest absolute Gasteiger partial charge is 0.384 e. The first kappa shape index (κ1) is 13.0. The monoisotopic (exact) mass is 282 g/mol. The minimum absolute atomic E-state index is 0.0411. The Morgan fingerprint density at radius 1 is 1.37 bits per heavy atom. The summed E-state index contributed by atoms with van der Waals surface area (Å²) in [5, 5.41) is 13.4. The first-order chi connectivity index (χ1) is 8.97. The van der Waals surface area contributed by atoms with Crippen LogP contribution < -0.4 is 11.1 Å². The number of hydrogen-bond acceptors (Lipinski definition) is 5. The molecule has 0 aliphatic heterocycles. The van der Waals surface area contributed by atoms with Crippen LogP contribution in [0.4, 0.5) is 27.4 Å². The van der Waals surface area contributed by atoms with E-state index in [9.17, 15) is 14.5 Å². The molecule has 19 heavy (non-hydrogen) atoms. The third-order valence-electron chi connectivity index (χ3n) is 2.27. The van der Waals surface area contributed by atoms with E-state index in [4.69, 9.17) is 17.3 Å². The number of nitrogen functional groups attached to an aromatic ring is 1. The summed E-state index contributed by atoms with van der Waals surface area (Å²) in [5.74, 6) is -0.590. The van der Waals surface area contributed by atoms with Crippen LogP contribution >= 0.6 is 11.6 Å². The maximum Gasteiger partial charge on any atom is 0.311 e. The Morgan fingerprint density at radius 3 is 2.74 bits per heavy atom. The lowest BCUT2D eigenvalue weighted by atomic mass is 10.3. The lowest BCUT2D eigenvalue weighted by molar-refractivity contribution is -0.384. The Kier molecular flexibility index (Phi) is 3.48. The quantitative estimate of drug-likeness (QED) is 0.666. The van der Waals surface area contributed by atoms with Crippen LogP contribution in [0.3, 0.4) is 0 Å². The number of hydrogen-bond donors (Lipinski definition) is 2. The van der Waals surface area contributed by atoms with Gasteiger partial charge >= 0.3 is 5.69 Å². The highest BCUT2D eigenvalue weighted by molar-refractivity contribution is 6.30. The fourth-order valence-corrected chi connectivity index (χ4v) is 1.53. The lowest BCUT2D eigenvalue weighted by Gasteiger charge is -2.07. The van der Waals surface area contributed by atoms with Crippen LogP contribution in [-0.2, 0) is 0 Å². The molecular weight excluding hydrogens is 275 g/mol. The van der Waals surface area contributed by atoms with Crippen molar-refractivity contribution in [3.8, 4) is 0 Å². The molecule has 0 atom stereocenters. The van der Waals surface area contributed by atoms with Crippen LogP contribution in [0.15, 0.2) is 30.3 Å². The average molecular weight is 283 g/mol. The fourth-order valence-electron chi connectivity index (χ4n) is 1.42. The van der Waals surface area contributed by atoms with Crippen molar-refractivity contribution in [3.05, 3.63) is 51.3 Å². The molecule has 0 amide bonds. The van der Waals surface area contributed by atoms with Gasteiger partial charge in [-0.05, 0) is 24.3 Å². The Bertz CT molecular complexity index is 651. The number of anilines is 3.